The van der Waals surface area contributed by atoms with Crippen LogP contribution in [0.15, 0.2) is 0 Å². The second kappa shape index (κ2) is 6.02. The van der Waals surface area contributed by atoms with E-state index in [1.54, 1.807) is 0 Å². The Bertz CT molecular complexity index is 354. The van der Waals surface area contributed by atoms with E-state index in [-0.39, 0.29) is 6.04 Å². The van der Waals surface area contributed by atoms with E-state index in [2.05, 4.69) is 22.0 Å². The third kappa shape index (κ3) is 2.73. The van der Waals surface area contributed by atoms with Gasteiger partial charge in [0.25, 0.3) is 0 Å². The lowest BCUT2D eigenvalue weighted by molar-refractivity contribution is -0.131. The fourth-order valence-electron chi connectivity index (χ4n) is 4.30. The van der Waals surface area contributed by atoms with Crippen molar-refractivity contribution in [1.29, 1.82) is 0 Å². The highest BCUT2D eigenvalue weighted by Crippen LogP contribution is 2.33. The predicted octanol–water partition coefficient (Wildman–Crippen LogP) is 1.66. The molecule has 0 aromatic heterocycles. The van der Waals surface area contributed by atoms with Crippen LogP contribution in [0.25, 0.3) is 0 Å². The SMILES string of the molecule is CCN1CCC(CN2C(=O)C(C)NC2C2CCCC2)C1. The summed E-state index contributed by atoms with van der Waals surface area (Å²) in [6, 6.07) is 0.0179. The molecule has 3 rings (SSSR count). The maximum Gasteiger partial charge on any atom is 0.240 e. The second-order valence-electron chi connectivity index (χ2n) is 6.92. The van der Waals surface area contributed by atoms with E-state index in [1.165, 1.54) is 45.2 Å². The molecule has 0 radical (unpaired) electrons. The summed E-state index contributed by atoms with van der Waals surface area (Å²) in [5.74, 6) is 1.69. The van der Waals surface area contributed by atoms with Crippen molar-refractivity contribution in [3.05, 3.63) is 0 Å². The molecule has 2 saturated heterocycles. The van der Waals surface area contributed by atoms with Gasteiger partial charge in [-0.3, -0.25) is 10.1 Å². The molecule has 0 spiro atoms. The molecule has 3 fully saturated rings. The number of rotatable bonds is 4. The summed E-state index contributed by atoms with van der Waals surface area (Å²) in [5, 5.41) is 3.56. The molecule has 3 aliphatic rings. The second-order valence-corrected chi connectivity index (χ2v) is 6.92. The van der Waals surface area contributed by atoms with Crippen LogP contribution in [0, 0.1) is 11.8 Å². The molecule has 114 valence electrons. The van der Waals surface area contributed by atoms with Crippen molar-refractivity contribution in [3.8, 4) is 0 Å². The van der Waals surface area contributed by atoms with Gasteiger partial charge in [0.1, 0.15) is 0 Å². The number of nitrogens with zero attached hydrogens (tertiary/aromatic N) is 2. The lowest BCUT2D eigenvalue weighted by atomic mass is 10.0. The van der Waals surface area contributed by atoms with Crippen LogP contribution in [-0.2, 0) is 4.79 Å². The van der Waals surface area contributed by atoms with E-state index in [4.69, 9.17) is 0 Å². The Balaban J connectivity index is 1.63. The zero-order valence-corrected chi connectivity index (χ0v) is 13.0. The van der Waals surface area contributed by atoms with Gasteiger partial charge in [-0.1, -0.05) is 19.8 Å². The van der Waals surface area contributed by atoms with E-state index >= 15 is 0 Å². The quantitative estimate of drug-likeness (QED) is 0.850. The minimum Gasteiger partial charge on any atom is -0.325 e. The van der Waals surface area contributed by atoms with Gasteiger partial charge in [0, 0.05) is 13.1 Å². The van der Waals surface area contributed by atoms with Crippen molar-refractivity contribution in [2.45, 2.75) is 58.2 Å². The van der Waals surface area contributed by atoms with Gasteiger partial charge in [-0.25, -0.2) is 0 Å². The summed E-state index contributed by atoms with van der Waals surface area (Å²) in [4.78, 5) is 17.2. The summed E-state index contributed by atoms with van der Waals surface area (Å²) in [7, 11) is 0. The van der Waals surface area contributed by atoms with Gasteiger partial charge >= 0.3 is 0 Å². The van der Waals surface area contributed by atoms with Crippen LogP contribution in [0.3, 0.4) is 0 Å². The molecular formula is C16H29N3O. The number of carbonyl (C=O) groups excluding carboxylic acids is 1. The van der Waals surface area contributed by atoms with Crippen molar-refractivity contribution in [1.82, 2.24) is 15.1 Å². The van der Waals surface area contributed by atoms with E-state index < -0.39 is 0 Å². The minimum absolute atomic E-state index is 0.0179. The third-order valence-electron chi connectivity index (χ3n) is 5.53. The van der Waals surface area contributed by atoms with Crippen molar-refractivity contribution in [2.75, 3.05) is 26.2 Å². The highest BCUT2D eigenvalue weighted by Gasteiger charge is 2.42. The monoisotopic (exact) mass is 279 g/mol. The van der Waals surface area contributed by atoms with Crippen molar-refractivity contribution in [3.63, 3.8) is 0 Å². The molecular weight excluding hydrogens is 250 g/mol. The van der Waals surface area contributed by atoms with Gasteiger partial charge in [-0.05, 0) is 51.1 Å². The fraction of sp³-hybridized carbons (Fsp3) is 0.938. The van der Waals surface area contributed by atoms with E-state index in [0.717, 1.165) is 13.1 Å². The molecule has 2 aliphatic heterocycles. The molecule has 0 aromatic rings. The van der Waals surface area contributed by atoms with Crippen molar-refractivity contribution < 1.29 is 4.79 Å². The standard InChI is InChI=1S/C16H29N3O/c1-3-18-9-8-13(10-18)11-19-15(14-6-4-5-7-14)17-12(2)16(19)20/h12-15,17H,3-11H2,1-2H3. The van der Waals surface area contributed by atoms with E-state index in [9.17, 15) is 4.79 Å². The molecule has 2 heterocycles. The molecule has 0 aromatic carbocycles. The van der Waals surface area contributed by atoms with Gasteiger partial charge in [0.15, 0.2) is 0 Å². The lowest BCUT2D eigenvalue weighted by Gasteiger charge is -2.31. The topological polar surface area (TPSA) is 35.6 Å². The Morgan fingerprint density at radius 1 is 1.25 bits per heavy atom. The smallest absolute Gasteiger partial charge is 0.240 e. The first kappa shape index (κ1) is 14.3. The zero-order valence-electron chi connectivity index (χ0n) is 13.0. The third-order valence-corrected chi connectivity index (χ3v) is 5.53. The van der Waals surface area contributed by atoms with Crippen LogP contribution in [0.1, 0.15) is 46.0 Å². The summed E-state index contributed by atoms with van der Waals surface area (Å²) in [6.45, 7) is 8.75. The Labute approximate surface area is 122 Å². The molecule has 4 nitrogen and oxygen atoms in total. The van der Waals surface area contributed by atoms with Crippen LogP contribution < -0.4 is 5.32 Å². The summed E-state index contributed by atoms with van der Waals surface area (Å²) in [5.41, 5.74) is 0. The maximum absolute atomic E-state index is 12.5. The average molecular weight is 279 g/mol. The van der Waals surface area contributed by atoms with Gasteiger partial charge in [0.05, 0.1) is 12.2 Å². The highest BCUT2D eigenvalue weighted by atomic mass is 16.2. The average Bonchev–Trinajstić information content (AvgIpc) is 3.16. The first-order chi connectivity index (χ1) is 9.69. The normalized spacial score (nSPS) is 36.4. The minimum atomic E-state index is 0.0179. The molecule has 1 amide bonds. The first-order valence-corrected chi connectivity index (χ1v) is 8.48. The van der Waals surface area contributed by atoms with Crippen LogP contribution in [0.2, 0.25) is 0 Å². The van der Waals surface area contributed by atoms with Gasteiger partial charge in [-0.2, -0.15) is 0 Å². The van der Waals surface area contributed by atoms with Gasteiger partial charge < -0.3 is 9.80 Å². The lowest BCUT2D eigenvalue weighted by Crippen LogP contribution is -2.45. The molecule has 0 bridgehead atoms. The van der Waals surface area contributed by atoms with Crippen LogP contribution in [0.4, 0.5) is 0 Å². The number of carbonyl (C=O) groups is 1. The number of nitrogens with one attached hydrogen (secondary N) is 1. The molecule has 20 heavy (non-hydrogen) atoms. The van der Waals surface area contributed by atoms with Gasteiger partial charge in [0.2, 0.25) is 5.91 Å². The van der Waals surface area contributed by atoms with Crippen LogP contribution in [-0.4, -0.2) is 54.1 Å². The Morgan fingerprint density at radius 2 is 2.00 bits per heavy atom. The fourth-order valence-corrected chi connectivity index (χ4v) is 4.30. The highest BCUT2D eigenvalue weighted by molar-refractivity contribution is 5.84. The molecule has 3 atom stereocenters. The number of amides is 1. The van der Waals surface area contributed by atoms with E-state index in [0.29, 0.717) is 23.9 Å². The summed E-state index contributed by atoms with van der Waals surface area (Å²) >= 11 is 0. The molecule has 4 heteroatoms. The van der Waals surface area contributed by atoms with Gasteiger partial charge in [-0.15, -0.1) is 0 Å². The first-order valence-electron chi connectivity index (χ1n) is 8.48. The Kier molecular flexibility index (Phi) is 4.32. The Morgan fingerprint density at radius 3 is 2.65 bits per heavy atom. The maximum atomic E-state index is 12.5. The number of hydrogen-bond acceptors (Lipinski definition) is 3. The largest absolute Gasteiger partial charge is 0.325 e. The van der Waals surface area contributed by atoms with Crippen molar-refractivity contribution >= 4 is 5.91 Å². The molecule has 1 aliphatic carbocycles. The predicted molar refractivity (Wildman–Crippen MR) is 80.3 cm³/mol. The number of likely N-dealkylation sites (tertiary alicyclic amines) is 1. The number of hydrogen-bond donors (Lipinski definition) is 1. The molecule has 1 N–H and O–H groups in total. The zero-order chi connectivity index (χ0) is 14.1. The summed E-state index contributed by atoms with van der Waals surface area (Å²) in [6.07, 6.45) is 6.83. The molecule has 1 saturated carbocycles. The van der Waals surface area contributed by atoms with Crippen LogP contribution >= 0.6 is 0 Å². The molecule has 3 unspecified atom stereocenters. The van der Waals surface area contributed by atoms with E-state index in [1.807, 2.05) is 6.92 Å². The summed E-state index contributed by atoms with van der Waals surface area (Å²) < 4.78 is 0. The van der Waals surface area contributed by atoms with Crippen molar-refractivity contribution in [2.24, 2.45) is 11.8 Å². The van der Waals surface area contributed by atoms with Crippen LogP contribution in [0.5, 0.6) is 0 Å². The Hall–Kier alpha value is -0.610.